The van der Waals surface area contributed by atoms with Gasteiger partial charge in [-0.1, -0.05) is 24.3 Å². The van der Waals surface area contributed by atoms with Gasteiger partial charge in [0.25, 0.3) is 11.6 Å². The number of carbonyl (C=O) groups excluding carboxylic acids is 1. The Bertz CT molecular complexity index is 699. The van der Waals surface area contributed by atoms with Gasteiger partial charge < -0.3 is 0 Å². The second-order valence-electron chi connectivity index (χ2n) is 4.02. The third kappa shape index (κ3) is 3.69. The van der Waals surface area contributed by atoms with E-state index in [9.17, 15) is 19.3 Å². The molecule has 0 aliphatic rings. The highest BCUT2D eigenvalue weighted by Crippen LogP contribution is 2.17. The first-order valence-electron chi connectivity index (χ1n) is 5.90. The predicted octanol–water partition coefficient (Wildman–Crippen LogP) is 2.50. The van der Waals surface area contributed by atoms with Crippen LogP contribution in [-0.2, 0) is 0 Å². The number of benzene rings is 2. The van der Waals surface area contributed by atoms with Crippen LogP contribution in [0.2, 0.25) is 0 Å². The number of hydrazone groups is 1. The molecule has 7 heteroatoms. The van der Waals surface area contributed by atoms with E-state index < -0.39 is 10.8 Å². The monoisotopic (exact) mass is 287 g/mol. The van der Waals surface area contributed by atoms with Gasteiger partial charge in [0, 0.05) is 6.07 Å². The van der Waals surface area contributed by atoms with Crippen molar-refractivity contribution in [3.05, 3.63) is 75.6 Å². The van der Waals surface area contributed by atoms with Gasteiger partial charge in [0.15, 0.2) is 0 Å². The van der Waals surface area contributed by atoms with Gasteiger partial charge in [-0.15, -0.1) is 0 Å². The molecule has 21 heavy (non-hydrogen) atoms. The number of hydrogen-bond donors (Lipinski definition) is 1. The van der Waals surface area contributed by atoms with Crippen LogP contribution < -0.4 is 5.43 Å². The predicted molar refractivity (Wildman–Crippen MR) is 74.6 cm³/mol. The third-order valence-corrected chi connectivity index (χ3v) is 2.60. The number of nitro groups is 1. The Morgan fingerprint density at radius 2 is 1.86 bits per heavy atom. The Morgan fingerprint density at radius 3 is 2.52 bits per heavy atom. The van der Waals surface area contributed by atoms with E-state index >= 15 is 0 Å². The minimum Gasteiger partial charge on any atom is -0.267 e. The van der Waals surface area contributed by atoms with Gasteiger partial charge in [0.05, 0.1) is 11.1 Å². The fraction of sp³-hybridized carbons (Fsp3) is 0. The van der Waals surface area contributed by atoms with Gasteiger partial charge in [-0.05, 0) is 23.8 Å². The summed E-state index contributed by atoms with van der Waals surface area (Å²) in [6, 6.07) is 11.0. The second kappa shape index (κ2) is 6.38. The van der Waals surface area contributed by atoms with Crippen LogP contribution >= 0.6 is 0 Å². The number of nitro benzene ring substituents is 1. The molecule has 2 rings (SSSR count). The molecule has 0 saturated carbocycles. The summed E-state index contributed by atoms with van der Waals surface area (Å²) in [4.78, 5) is 22.0. The van der Waals surface area contributed by atoms with Gasteiger partial charge in [-0.25, -0.2) is 9.82 Å². The normalized spacial score (nSPS) is 10.5. The Balaban J connectivity index is 2.08. The lowest BCUT2D eigenvalue weighted by atomic mass is 10.2. The van der Waals surface area contributed by atoms with E-state index in [1.54, 1.807) is 0 Å². The lowest BCUT2D eigenvalue weighted by Gasteiger charge is -2.01. The second-order valence-corrected chi connectivity index (χ2v) is 4.02. The van der Waals surface area contributed by atoms with E-state index in [1.165, 1.54) is 54.7 Å². The van der Waals surface area contributed by atoms with Gasteiger partial charge in [-0.3, -0.25) is 14.9 Å². The summed E-state index contributed by atoms with van der Waals surface area (Å²) in [5.74, 6) is -1.07. The topological polar surface area (TPSA) is 84.6 Å². The number of halogens is 1. The van der Waals surface area contributed by atoms with Crippen molar-refractivity contribution in [2.75, 3.05) is 0 Å². The average Bonchev–Trinajstić information content (AvgIpc) is 2.49. The summed E-state index contributed by atoms with van der Waals surface area (Å²) in [6.07, 6.45) is 1.31. The van der Waals surface area contributed by atoms with Gasteiger partial charge in [0.1, 0.15) is 11.4 Å². The fourth-order valence-corrected chi connectivity index (χ4v) is 1.60. The van der Waals surface area contributed by atoms with Crippen molar-refractivity contribution in [2.45, 2.75) is 0 Å². The zero-order chi connectivity index (χ0) is 15.2. The largest absolute Gasteiger partial charge is 0.282 e. The number of nitrogens with zero attached hydrogens (tertiary/aromatic N) is 2. The molecule has 0 radical (unpaired) electrons. The molecule has 6 nitrogen and oxygen atoms in total. The molecule has 1 amide bonds. The lowest BCUT2D eigenvalue weighted by Crippen LogP contribution is -2.18. The molecule has 106 valence electrons. The highest BCUT2D eigenvalue weighted by atomic mass is 19.1. The Hall–Kier alpha value is -3.09. The van der Waals surface area contributed by atoms with Crippen molar-refractivity contribution < 1.29 is 14.1 Å². The lowest BCUT2D eigenvalue weighted by molar-refractivity contribution is -0.385. The van der Waals surface area contributed by atoms with Crippen LogP contribution in [-0.4, -0.2) is 17.0 Å². The van der Waals surface area contributed by atoms with E-state index in [1.807, 2.05) is 0 Å². The molecule has 0 atom stereocenters. The van der Waals surface area contributed by atoms with Crippen LogP contribution in [0.1, 0.15) is 15.9 Å². The number of para-hydroxylation sites is 1. The minimum atomic E-state index is -0.694. The van der Waals surface area contributed by atoms with Crippen LogP contribution in [0.4, 0.5) is 10.1 Å². The molecule has 0 spiro atoms. The molecular formula is C14H10FN3O3. The molecule has 0 saturated heterocycles. The summed E-state index contributed by atoms with van der Waals surface area (Å²) in [5, 5.41) is 14.5. The summed E-state index contributed by atoms with van der Waals surface area (Å²) < 4.78 is 12.7. The van der Waals surface area contributed by atoms with Gasteiger partial charge in [0.2, 0.25) is 0 Å². The Morgan fingerprint density at radius 1 is 1.19 bits per heavy atom. The van der Waals surface area contributed by atoms with Crippen molar-refractivity contribution in [1.82, 2.24) is 5.43 Å². The number of carbonyl (C=O) groups is 1. The first-order chi connectivity index (χ1) is 10.1. The van der Waals surface area contributed by atoms with Crippen LogP contribution in [0.25, 0.3) is 0 Å². The van der Waals surface area contributed by atoms with Gasteiger partial charge >= 0.3 is 0 Å². The molecule has 0 bridgehead atoms. The first kappa shape index (κ1) is 14.3. The molecule has 0 fully saturated rings. The van der Waals surface area contributed by atoms with Crippen LogP contribution in [0, 0.1) is 15.9 Å². The quantitative estimate of drug-likeness (QED) is 0.532. The fourth-order valence-electron chi connectivity index (χ4n) is 1.60. The SMILES string of the molecule is O=C(NN=Cc1ccc(F)cc1)c1ccccc1[N+](=O)[O-]. The molecule has 0 unspecified atom stereocenters. The summed E-state index contributed by atoms with van der Waals surface area (Å²) in [7, 11) is 0. The van der Waals surface area contributed by atoms with Crippen LogP contribution in [0.15, 0.2) is 53.6 Å². The van der Waals surface area contributed by atoms with Crippen LogP contribution in [0.3, 0.4) is 0 Å². The maximum atomic E-state index is 12.7. The first-order valence-corrected chi connectivity index (χ1v) is 5.90. The van der Waals surface area contributed by atoms with E-state index in [0.717, 1.165) is 0 Å². The Kier molecular flexibility index (Phi) is 4.35. The van der Waals surface area contributed by atoms with E-state index in [2.05, 4.69) is 10.5 Å². The Labute approximate surface area is 119 Å². The maximum Gasteiger partial charge on any atom is 0.282 e. The number of hydrogen-bond acceptors (Lipinski definition) is 4. The van der Waals surface area contributed by atoms with Crippen molar-refractivity contribution in [2.24, 2.45) is 5.10 Å². The number of amides is 1. The smallest absolute Gasteiger partial charge is 0.267 e. The average molecular weight is 287 g/mol. The van der Waals surface area contributed by atoms with Crippen molar-refractivity contribution in [3.63, 3.8) is 0 Å². The van der Waals surface area contributed by atoms with Gasteiger partial charge in [-0.2, -0.15) is 5.10 Å². The van der Waals surface area contributed by atoms with Crippen molar-refractivity contribution >= 4 is 17.8 Å². The molecule has 1 N–H and O–H groups in total. The number of rotatable bonds is 4. The van der Waals surface area contributed by atoms with E-state index in [4.69, 9.17) is 0 Å². The molecule has 2 aromatic rings. The molecule has 0 heterocycles. The summed E-state index contributed by atoms with van der Waals surface area (Å²) in [6.45, 7) is 0. The molecule has 2 aromatic carbocycles. The zero-order valence-corrected chi connectivity index (χ0v) is 10.7. The summed E-state index contributed by atoms with van der Waals surface area (Å²) in [5.41, 5.74) is 2.39. The zero-order valence-electron chi connectivity index (χ0n) is 10.7. The van der Waals surface area contributed by atoms with E-state index in [-0.39, 0.29) is 17.1 Å². The summed E-state index contributed by atoms with van der Waals surface area (Å²) >= 11 is 0. The van der Waals surface area contributed by atoms with E-state index in [0.29, 0.717) is 5.56 Å². The molecular weight excluding hydrogens is 277 g/mol. The number of nitrogens with one attached hydrogen (secondary N) is 1. The minimum absolute atomic E-state index is 0.0845. The highest BCUT2D eigenvalue weighted by molar-refractivity contribution is 5.98. The van der Waals surface area contributed by atoms with Crippen LogP contribution in [0.5, 0.6) is 0 Å². The standard InChI is InChI=1S/C14H10FN3O3/c15-11-7-5-10(6-8-11)9-16-17-14(19)12-3-1-2-4-13(12)18(20)21/h1-9H,(H,17,19). The molecule has 0 aromatic heterocycles. The van der Waals surface area contributed by atoms with Crippen molar-refractivity contribution in [3.8, 4) is 0 Å². The third-order valence-electron chi connectivity index (χ3n) is 2.60. The van der Waals surface area contributed by atoms with Crippen molar-refractivity contribution in [1.29, 1.82) is 0 Å². The highest BCUT2D eigenvalue weighted by Gasteiger charge is 2.18. The molecule has 0 aliphatic carbocycles. The maximum absolute atomic E-state index is 12.7. The molecule has 0 aliphatic heterocycles.